The number of rotatable bonds is 2. The van der Waals surface area contributed by atoms with Crippen LogP contribution in [0.3, 0.4) is 0 Å². The van der Waals surface area contributed by atoms with Crippen LogP contribution in [0.25, 0.3) is 11.0 Å². The Morgan fingerprint density at radius 2 is 1.76 bits per heavy atom. The van der Waals surface area contributed by atoms with Gasteiger partial charge < -0.3 is 10.6 Å². The first kappa shape index (κ1) is 13.3. The van der Waals surface area contributed by atoms with Gasteiger partial charge in [0.05, 0.1) is 6.20 Å². The maximum Gasteiger partial charge on any atom is 0.323 e. The Bertz CT molecular complexity index is 794. The molecule has 1 aromatic carbocycles. The molecule has 2 aromatic heterocycles. The highest BCUT2D eigenvalue weighted by atomic mass is 35.5. The number of nitrogens with zero attached hydrogens (tertiary/aromatic N) is 3. The van der Waals surface area contributed by atoms with Crippen LogP contribution in [0.15, 0.2) is 48.9 Å². The topological polar surface area (TPSA) is 79.8 Å². The number of hydrogen-bond acceptors (Lipinski definition) is 4. The average Bonchev–Trinajstić information content (AvgIpc) is 2.51. The van der Waals surface area contributed by atoms with E-state index in [2.05, 4.69) is 25.6 Å². The molecule has 0 spiro atoms. The van der Waals surface area contributed by atoms with E-state index in [4.69, 9.17) is 11.6 Å². The SMILES string of the molecule is O=C(Nc1ccccc1)Nc1c(Cl)ncc2nccnc12. The number of pyridine rings is 1. The van der Waals surface area contributed by atoms with Crippen molar-refractivity contribution in [2.45, 2.75) is 0 Å². The molecule has 0 aliphatic carbocycles. The number of anilines is 2. The Labute approximate surface area is 125 Å². The standard InChI is InChI=1S/C14H10ClN5O/c15-13-12(11-10(8-18-13)16-6-7-17-11)20-14(21)19-9-4-2-1-3-5-9/h1-8H,(H2,19,20,21). The zero-order chi connectivity index (χ0) is 14.7. The van der Waals surface area contributed by atoms with Gasteiger partial charge in [0.25, 0.3) is 0 Å². The Kier molecular flexibility index (Phi) is 3.61. The van der Waals surface area contributed by atoms with Gasteiger partial charge in [-0.3, -0.25) is 9.97 Å². The number of carbonyl (C=O) groups is 1. The Hall–Kier alpha value is -2.73. The van der Waals surface area contributed by atoms with Crippen molar-refractivity contribution in [3.8, 4) is 0 Å². The van der Waals surface area contributed by atoms with Crippen LogP contribution < -0.4 is 10.6 Å². The predicted molar refractivity (Wildman–Crippen MR) is 81.4 cm³/mol. The van der Waals surface area contributed by atoms with Crippen LogP contribution in [0.1, 0.15) is 0 Å². The summed E-state index contributed by atoms with van der Waals surface area (Å²) < 4.78 is 0. The van der Waals surface area contributed by atoms with Gasteiger partial charge in [0.1, 0.15) is 16.7 Å². The Morgan fingerprint density at radius 3 is 2.57 bits per heavy atom. The summed E-state index contributed by atoms with van der Waals surface area (Å²) in [4.78, 5) is 24.3. The molecule has 0 aliphatic rings. The highest BCUT2D eigenvalue weighted by Gasteiger charge is 2.12. The number of benzene rings is 1. The lowest BCUT2D eigenvalue weighted by Crippen LogP contribution is -2.20. The molecule has 0 atom stereocenters. The molecule has 2 N–H and O–H groups in total. The van der Waals surface area contributed by atoms with Gasteiger partial charge in [-0.05, 0) is 12.1 Å². The zero-order valence-corrected chi connectivity index (χ0v) is 11.5. The normalized spacial score (nSPS) is 10.3. The number of carbonyl (C=O) groups excluding carboxylic acids is 1. The van der Waals surface area contributed by atoms with Gasteiger partial charge in [-0.1, -0.05) is 29.8 Å². The minimum absolute atomic E-state index is 0.159. The van der Waals surface area contributed by atoms with Crippen LogP contribution in [0, 0.1) is 0 Å². The molecular weight excluding hydrogens is 290 g/mol. The molecule has 104 valence electrons. The lowest BCUT2D eigenvalue weighted by molar-refractivity contribution is 0.262. The molecule has 0 fully saturated rings. The van der Waals surface area contributed by atoms with Crippen LogP contribution in [-0.4, -0.2) is 21.0 Å². The van der Waals surface area contributed by atoms with Crippen molar-refractivity contribution in [1.82, 2.24) is 15.0 Å². The summed E-state index contributed by atoms with van der Waals surface area (Å²) in [5.41, 5.74) is 2.04. The third kappa shape index (κ3) is 2.90. The average molecular weight is 300 g/mol. The first-order chi connectivity index (χ1) is 10.2. The second kappa shape index (κ2) is 5.72. The van der Waals surface area contributed by atoms with E-state index < -0.39 is 6.03 Å². The molecule has 21 heavy (non-hydrogen) atoms. The van der Waals surface area contributed by atoms with Gasteiger partial charge in [-0.25, -0.2) is 9.78 Å². The van der Waals surface area contributed by atoms with E-state index in [-0.39, 0.29) is 5.15 Å². The number of amides is 2. The fourth-order valence-electron chi connectivity index (χ4n) is 1.82. The fraction of sp³-hybridized carbons (Fsp3) is 0. The molecule has 2 amide bonds. The summed E-state index contributed by atoms with van der Waals surface area (Å²) in [5, 5.41) is 5.51. The molecule has 2 heterocycles. The molecular formula is C14H10ClN5O. The van der Waals surface area contributed by atoms with Crippen LogP contribution in [-0.2, 0) is 0 Å². The van der Waals surface area contributed by atoms with Crippen LogP contribution >= 0.6 is 11.6 Å². The van der Waals surface area contributed by atoms with Crippen LogP contribution in [0.2, 0.25) is 5.15 Å². The first-order valence-electron chi connectivity index (χ1n) is 6.12. The summed E-state index contributed by atoms with van der Waals surface area (Å²) in [6.07, 6.45) is 4.58. The number of hydrogen-bond donors (Lipinski definition) is 2. The van der Waals surface area contributed by atoms with E-state index in [9.17, 15) is 4.79 Å². The lowest BCUT2D eigenvalue weighted by atomic mass is 10.3. The smallest absolute Gasteiger partial charge is 0.308 e. The monoisotopic (exact) mass is 299 g/mol. The second-order valence-corrected chi connectivity index (χ2v) is 4.52. The van der Waals surface area contributed by atoms with Gasteiger partial charge in [0, 0.05) is 18.1 Å². The predicted octanol–water partition coefficient (Wildman–Crippen LogP) is 3.32. The number of fused-ring (bicyclic) bond motifs is 1. The van der Waals surface area contributed by atoms with E-state index in [1.807, 2.05) is 18.2 Å². The minimum atomic E-state index is -0.428. The van der Waals surface area contributed by atoms with Crippen molar-refractivity contribution in [3.05, 3.63) is 54.1 Å². The van der Waals surface area contributed by atoms with Crippen molar-refractivity contribution in [3.63, 3.8) is 0 Å². The fourth-order valence-corrected chi connectivity index (χ4v) is 2.01. The minimum Gasteiger partial charge on any atom is -0.308 e. The molecule has 0 bridgehead atoms. The Balaban J connectivity index is 1.88. The first-order valence-corrected chi connectivity index (χ1v) is 6.50. The number of aromatic nitrogens is 3. The van der Waals surface area contributed by atoms with Gasteiger partial charge in [-0.15, -0.1) is 0 Å². The van der Waals surface area contributed by atoms with Crippen molar-refractivity contribution >= 4 is 40.0 Å². The second-order valence-electron chi connectivity index (χ2n) is 4.16. The zero-order valence-electron chi connectivity index (χ0n) is 10.7. The summed E-state index contributed by atoms with van der Waals surface area (Å²) in [7, 11) is 0. The number of halogens is 1. The van der Waals surface area contributed by atoms with E-state index >= 15 is 0 Å². The van der Waals surface area contributed by atoms with Gasteiger partial charge in [0.2, 0.25) is 0 Å². The van der Waals surface area contributed by atoms with Crippen LogP contribution in [0.4, 0.5) is 16.2 Å². The molecule has 3 rings (SSSR count). The van der Waals surface area contributed by atoms with Crippen molar-refractivity contribution in [1.29, 1.82) is 0 Å². The summed E-state index contributed by atoms with van der Waals surface area (Å²) in [6.45, 7) is 0. The van der Waals surface area contributed by atoms with E-state index in [0.29, 0.717) is 22.4 Å². The van der Waals surface area contributed by atoms with E-state index in [0.717, 1.165) is 0 Å². The maximum atomic E-state index is 12.0. The van der Waals surface area contributed by atoms with E-state index in [1.54, 1.807) is 18.3 Å². The van der Waals surface area contributed by atoms with E-state index in [1.165, 1.54) is 12.4 Å². The van der Waals surface area contributed by atoms with Gasteiger partial charge >= 0.3 is 6.03 Å². The molecule has 0 aliphatic heterocycles. The van der Waals surface area contributed by atoms with Crippen molar-refractivity contribution in [2.75, 3.05) is 10.6 Å². The molecule has 7 heteroatoms. The van der Waals surface area contributed by atoms with Crippen molar-refractivity contribution < 1.29 is 4.79 Å². The molecule has 0 radical (unpaired) electrons. The molecule has 0 saturated heterocycles. The molecule has 6 nitrogen and oxygen atoms in total. The van der Waals surface area contributed by atoms with Crippen LogP contribution in [0.5, 0.6) is 0 Å². The summed E-state index contributed by atoms with van der Waals surface area (Å²) in [6, 6.07) is 8.65. The lowest BCUT2D eigenvalue weighted by Gasteiger charge is -2.10. The third-order valence-electron chi connectivity index (χ3n) is 2.74. The maximum absolute atomic E-state index is 12.0. The quantitative estimate of drug-likeness (QED) is 0.711. The molecule has 0 unspecified atom stereocenters. The summed E-state index contributed by atoms with van der Waals surface area (Å²) >= 11 is 6.03. The molecule has 3 aromatic rings. The molecule has 0 saturated carbocycles. The highest BCUT2D eigenvalue weighted by Crippen LogP contribution is 2.26. The van der Waals surface area contributed by atoms with Gasteiger partial charge in [0.15, 0.2) is 5.15 Å². The number of para-hydroxylation sites is 1. The number of nitrogens with one attached hydrogen (secondary N) is 2. The number of urea groups is 1. The largest absolute Gasteiger partial charge is 0.323 e. The Morgan fingerprint density at radius 1 is 1.00 bits per heavy atom. The van der Waals surface area contributed by atoms with Crippen molar-refractivity contribution in [2.24, 2.45) is 0 Å². The van der Waals surface area contributed by atoms with Gasteiger partial charge in [-0.2, -0.15) is 0 Å². The highest BCUT2D eigenvalue weighted by molar-refractivity contribution is 6.34. The third-order valence-corrected chi connectivity index (χ3v) is 3.03. The summed E-state index contributed by atoms with van der Waals surface area (Å²) in [5.74, 6) is 0.